The van der Waals surface area contributed by atoms with Crippen LogP contribution in [0.3, 0.4) is 0 Å². The second kappa shape index (κ2) is 8.97. The Hall–Kier alpha value is -0.120. The van der Waals surface area contributed by atoms with Crippen LogP contribution in [0.4, 0.5) is 0 Å². The van der Waals surface area contributed by atoms with Crippen LogP contribution < -0.4 is 11.1 Å². The average molecular weight is 228 g/mol. The molecule has 1 rings (SSSR count). The van der Waals surface area contributed by atoms with Crippen molar-refractivity contribution >= 4 is 0 Å². The van der Waals surface area contributed by atoms with Gasteiger partial charge in [-0.1, -0.05) is 19.3 Å². The Labute approximate surface area is 100 Å². The minimum absolute atomic E-state index is 0.456. The third-order valence-electron chi connectivity index (χ3n) is 3.54. The standard InChI is InChI=1S/C13H28N2O/c1-16-13-9-7-8-12(13)15-11-6-4-2-3-5-10-14/h12-13,15H,2-11,14H2,1H3. The van der Waals surface area contributed by atoms with Crippen LogP contribution in [0.25, 0.3) is 0 Å². The predicted molar refractivity (Wildman–Crippen MR) is 68.6 cm³/mol. The number of nitrogens with two attached hydrogens (primary N) is 1. The molecule has 3 heteroatoms. The molecule has 0 radical (unpaired) electrons. The van der Waals surface area contributed by atoms with Gasteiger partial charge in [-0.3, -0.25) is 0 Å². The topological polar surface area (TPSA) is 47.3 Å². The Morgan fingerprint density at radius 3 is 2.62 bits per heavy atom. The number of unbranched alkanes of at least 4 members (excludes halogenated alkanes) is 4. The highest BCUT2D eigenvalue weighted by Gasteiger charge is 2.25. The molecule has 16 heavy (non-hydrogen) atoms. The molecule has 0 spiro atoms. The molecule has 2 unspecified atom stereocenters. The van der Waals surface area contributed by atoms with Crippen LogP contribution >= 0.6 is 0 Å². The van der Waals surface area contributed by atoms with Gasteiger partial charge in [0, 0.05) is 13.2 Å². The van der Waals surface area contributed by atoms with Crippen LogP contribution in [0.15, 0.2) is 0 Å². The molecule has 2 atom stereocenters. The van der Waals surface area contributed by atoms with Gasteiger partial charge in [0.15, 0.2) is 0 Å². The van der Waals surface area contributed by atoms with Gasteiger partial charge in [0.25, 0.3) is 0 Å². The quantitative estimate of drug-likeness (QED) is 0.594. The molecule has 0 amide bonds. The van der Waals surface area contributed by atoms with Crippen LogP contribution in [0, 0.1) is 0 Å². The maximum Gasteiger partial charge on any atom is 0.0724 e. The van der Waals surface area contributed by atoms with E-state index in [9.17, 15) is 0 Å². The van der Waals surface area contributed by atoms with E-state index in [1.165, 1.54) is 51.4 Å². The highest BCUT2D eigenvalue weighted by atomic mass is 16.5. The fourth-order valence-electron chi connectivity index (χ4n) is 2.53. The fraction of sp³-hybridized carbons (Fsp3) is 1.00. The molecule has 1 fully saturated rings. The molecular weight excluding hydrogens is 200 g/mol. The Balaban J connectivity index is 1.90. The highest BCUT2D eigenvalue weighted by molar-refractivity contribution is 4.83. The summed E-state index contributed by atoms with van der Waals surface area (Å²) in [7, 11) is 1.83. The van der Waals surface area contributed by atoms with Crippen molar-refractivity contribution in [3.8, 4) is 0 Å². The van der Waals surface area contributed by atoms with Crippen molar-refractivity contribution in [1.29, 1.82) is 0 Å². The molecule has 3 N–H and O–H groups in total. The molecule has 0 bridgehead atoms. The van der Waals surface area contributed by atoms with E-state index in [2.05, 4.69) is 5.32 Å². The second-order valence-corrected chi connectivity index (χ2v) is 4.82. The number of methoxy groups -OCH3 is 1. The number of rotatable bonds is 9. The Morgan fingerprint density at radius 1 is 1.12 bits per heavy atom. The molecular formula is C13H28N2O. The van der Waals surface area contributed by atoms with Crippen LogP contribution in [0.1, 0.15) is 51.4 Å². The van der Waals surface area contributed by atoms with E-state index in [-0.39, 0.29) is 0 Å². The zero-order chi connectivity index (χ0) is 11.6. The first-order valence-electron chi connectivity index (χ1n) is 6.84. The number of nitrogens with one attached hydrogen (secondary N) is 1. The van der Waals surface area contributed by atoms with Crippen LogP contribution in [0.2, 0.25) is 0 Å². The lowest BCUT2D eigenvalue weighted by Gasteiger charge is -2.19. The summed E-state index contributed by atoms with van der Waals surface area (Å²) in [6, 6.07) is 0.606. The number of hydrogen-bond acceptors (Lipinski definition) is 3. The maximum absolute atomic E-state index is 5.46. The smallest absolute Gasteiger partial charge is 0.0724 e. The first kappa shape index (κ1) is 13.9. The third kappa shape index (κ3) is 5.28. The van der Waals surface area contributed by atoms with Crippen molar-refractivity contribution in [2.75, 3.05) is 20.2 Å². The van der Waals surface area contributed by atoms with Gasteiger partial charge in [-0.05, 0) is 45.2 Å². The average Bonchev–Trinajstić information content (AvgIpc) is 2.75. The summed E-state index contributed by atoms with van der Waals surface area (Å²) >= 11 is 0. The zero-order valence-electron chi connectivity index (χ0n) is 10.7. The summed E-state index contributed by atoms with van der Waals surface area (Å²) in [5.74, 6) is 0. The van der Waals surface area contributed by atoms with Crippen molar-refractivity contribution in [2.45, 2.75) is 63.5 Å². The minimum Gasteiger partial charge on any atom is -0.380 e. The Morgan fingerprint density at radius 2 is 1.88 bits per heavy atom. The molecule has 0 heterocycles. The second-order valence-electron chi connectivity index (χ2n) is 4.82. The molecule has 0 aliphatic heterocycles. The van der Waals surface area contributed by atoms with Crippen molar-refractivity contribution in [3.63, 3.8) is 0 Å². The molecule has 0 aromatic heterocycles. The van der Waals surface area contributed by atoms with E-state index in [1.807, 2.05) is 7.11 Å². The first-order chi connectivity index (χ1) is 7.88. The Bertz CT molecular complexity index is 164. The number of ether oxygens (including phenoxy) is 1. The molecule has 0 aromatic rings. The largest absolute Gasteiger partial charge is 0.380 e. The van der Waals surface area contributed by atoms with Gasteiger partial charge in [0.2, 0.25) is 0 Å². The summed E-state index contributed by atoms with van der Waals surface area (Å²) in [4.78, 5) is 0. The van der Waals surface area contributed by atoms with Crippen molar-refractivity contribution in [3.05, 3.63) is 0 Å². The summed E-state index contributed by atoms with van der Waals surface area (Å²) < 4.78 is 5.46. The van der Waals surface area contributed by atoms with Gasteiger partial charge < -0.3 is 15.8 Å². The lowest BCUT2D eigenvalue weighted by Crippen LogP contribution is -2.37. The van der Waals surface area contributed by atoms with E-state index in [4.69, 9.17) is 10.5 Å². The lowest BCUT2D eigenvalue weighted by atomic mass is 10.1. The molecule has 96 valence electrons. The van der Waals surface area contributed by atoms with E-state index in [0.29, 0.717) is 12.1 Å². The monoisotopic (exact) mass is 228 g/mol. The molecule has 0 saturated heterocycles. The van der Waals surface area contributed by atoms with E-state index in [1.54, 1.807) is 0 Å². The van der Waals surface area contributed by atoms with Gasteiger partial charge in [0.05, 0.1) is 6.10 Å². The van der Waals surface area contributed by atoms with E-state index in [0.717, 1.165) is 13.1 Å². The van der Waals surface area contributed by atoms with E-state index >= 15 is 0 Å². The molecule has 1 aliphatic carbocycles. The lowest BCUT2D eigenvalue weighted by molar-refractivity contribution is 0.0852. The molecule has 3 nitrogen and oxygen atoms in total. The highest BCUT2D eigenvalue weighted by Crippen LogP contribution is 2.21. The normalized spacial score (nSPS) is 25.1. The van der Waals surface area contributed by atoms with Crippen molar-refractivity contribution in [2.24, 2.45) is 5.73 Å². The maximum atomic E-state index is 5.46. The summed E-state index contributed by atoms with van der Waals surface area (Å²) in [6.07, 6.45) is 10.7. The molecule has 1 aliphatic rings. The van der Waals surface area contributed by atoms with Crippen molar-refractivity contribution < 1.29 is 4.74 Å². The summed E-state index contributed by atoms with van der Waals surface area (Å²) in [5, 5.41) is 3.62. The summed E-state index contributed by atoms with van der Waals surface area (Å²) in [5.41, 5.74) is 5.46. The van der Waals surface area contributed by atoms with Gasteiger partial charge >= 0.3 is 0 Å². The third-order valence-corrected chi connectivity index (χ3v) is 3.54. The van der Waals surface area contributed by atoms with Gasteiger partial charge in [-0.2, -0.15) is 0 Å². The summed E-state index contributed by atoms with van der Waals surface area (Å²) in [6.45, 7) is 1.99. The van der Waals surface area contributed by atoms with Crippen LogP contribution in [0.5, 0.6) is 0 Å². The SMILES string of the molecule is COC1CCCC1NCCCCCCCN. The molecule has 0 aromatic carbocycles. The predicted octanol–water partition coefficient (Wildman–Crippen LogP) is 2.05. The number of hydrogen-bond donors (Lipinski definition) is 2. The van der Waals surface area contributed by atoms with Gasteiger partial charge in [-0.15, -0.1) is 0 Å². The van der Waals surface area contributed by atoms with Gasteiger partial charge in [-0.25, -0.2) is 0 Å². The van der Waals surface area contributed by atoms with Crippen molar-refractivity contribution in [1.82, 2.24) is 5.32 Å². The fourth-order valence-corrected chi connectivity index (χ4v) is 2.53. The molecule has 1 saturated carbocycles. The van der Waals surface area contributed by atoms with Crippen LogP contribution in [-0.2, 0) is 4.74 Å². The van der Waals surface area contributed by atoms with Crippen LogP contribution in [-0.4, -0.2) is 32.3 Å². The van der Waals surface area contributed by atoms with Gasteiger partial charge in [0.1, 0.15) is 0 Å². The Kier molecular flexibility index (Phi) is 7.81. The van der Waals surface area contributed by atoms with E-state index < -0.39 is 0 Å². The minimum atomic E-state index is 0.456. The first-order valence-corrected chi connectivity index (χ1v) is 6.84. The zero-order valence-corrected chi connectivity index (χ0v) is 10.7.